The Kier molecular flexibility index (Phi) is 16.5. The van der Waals surface area contributed by atoms with Crippen LogP contribution >= 0.6 is 0 Å². The first-order chi connectivity index (χ1) is 13.2. The van der Waals surface area contributed by atoms with Crippen LogP contribution in [0.1, 0.15) is 110 Å². The van der Waals surface area contributed by atoms with Crippen LogP contribution in [0.15, 0.2) is 0 Å². The number of hydrogen-bond acceptors (Lipinski definition) is 3. The smallest absolute Gasteiger partial charge is 0.273 e. The molecule has 0 aliphatic heterocycles. The third-order valence-corrected chi connectivity index (χ3v) is 6.47. The van der Waals surface area contributed by atoms with Crippen molar-refractivity contribution >= 4 is 10.1 Å². The van der Waals surface area contributed by atoms with Crippen molar-refractivity contribution in [3.05, 3.63) is 0 Å². The van der Waals surface area contributed by atoms with Gasteiger partial charge in [0.2, 0.25) is 6.23 Å². The Morgan fingerprint density at radius 3 is 1.32 bits per heavy atom. The molecule has 1 unspecified atom stereocenters. The molecule has 0 aliphatic rings. The van der Waals surface area contributed by atoms with Gasteiger partial charge in [0.1, 0.15) is 0 Å². The lowest BCUT2D eigenvalue weighted by Gasteiger charge is -2.34. The molecule has 28 heavy (non-hydrogen) atoms. The number of unbranched alkanes of at least 4 members (excludes halogenated alkanes) is 15. The van der Waals surface area contributed by atoms with Gasteiger partial charge in [-0.25, -0.2) is 0 Å². The van der Waals surface area contributed by atoms with Crippen LogP contribution in [0.5, 0.6) is 0 Å². The first-order valence-electron chi connectivity index (χ1n) is 11.6. The van der Waals surface area contributed by atoms with E-state index in [4.69, 9.17) is 4.55 Å². The van der Waals surface area contributed by atoms with Gasteiger partial charge in [-0.05, 0) is 12.8 Å². The molecule has 1 atom stereocenters. The van der Waals surface area contributed by atoms with Gasteiger partial charge < -0.3 is 9.59 Å². The van der Waals surface area contributed by atoms with Crippen LogP contribution in [-0.2, 0) is 10.1 Å². The highest BCUT2D eigenvalue weighted by molar-refractivity contribution is 7.85. The number of aliphatic hydroxyl groups excluding tert-OH is 1. The third kappa shape index (κ3) is 17.9. The molecule has 2 N–H and O–H groups in total. The Bertz CT molecular complexity index is 451. The van der Waals surface area contributed by atoms with Crippen molar-refractivity contribution in [1.29, 1.82) is 0 Å². The quantitative estimate of drug-likeness (QED) is 0.117. The van der Waals surface area contributed by atoms with Crippen molar-refractivity contribution in [3.8, 4) is 0 Å². The van der Waals surface area contributed by atoms with Gasteiger partial charge >= 0.3 is 0 Å². The lowest BCUT2D eigenvalue weighted by molar-refractivity contribution is -0.933. The molecule has 0 bridgehead atoms. The van der Waals surface area contributed by atoms with E-state index in [0.717, 1.165) is 19.4 Å². The van der Waals surface area contributed by atoms with Gasteiger partial charge in [-0.2, -0.15) is 8.42 Å². The normalized spacial score (nSPS) is 13.8. The molecule has 170 valence electrons. The monoisotopic (exact) mass is 422 g/mol. The second kappa shape index (κ2) is 16.6. The van der Waals surface area contributed by atoms with Crippen LogP contribution in [0.2, 0.25) is 0 Å². The minimum atomic E-state index is -4.13. The highest BCUT2D eigenvalue weighted by Gasteiger charge is 2.29. The summed E-state index contributed by atoms with van der Waals surface area (Å²) in [6.45, 7) is 2.98. The summed E-state index contributed by atoms with van der Waals surface area (Å²) in [7, 11) is -0.520. The molecule has 0 amide bonds. The lowest BCUT2D eigenvalue weighted by atomic mass is 10.0. The van der Waals surface area contributed by atoms with E-state index in [1.54, 1.807) is 14.1 Å². The van der Waals surface area contributed by atoms with Crippen LogP contribution in [0.3, 0.4) is 0 Å². The average Bonchev–Trinajstić information content (AvgIpc) is 2.60. The lowest BCUT2D eigenvalue weighted by Crippen LogP contribution is -2.52. The van der Waals surface area contributed by atoms with Gasteiger partial charge in [0.15, 0.2) is 5.75 Å². The molecule has 0 spiro atoms. The van der Waals surface area contributed by atoms with E-state index in [1.807, 2.05) is 0 Å². The van der Waals surface area contributed by atoms with Gasteiger partial charge in [0.25, 0.3) is 10.1 Å². The highest BCUT2D eigenvalue weighted by atomic mass is 32.2. The average molecular weight is 423 g/mol. The maximum absolute atomic E-state index is 10.9. The Morgan fingerprint density at radius 2 is 1.00 bits per heavy atom. The first-order valence-corrected chi connectivity index (χ1v) is 13.3. The second-order valence-electron chi connectivity index (χ2n) is 9.03. The second-order valence-corrected chi connectivity index (χ2v) is 10.5. The van der Waals surface area contributed by atoms with Crippen molar-refractivity contribution < 1.29 is 22.6 Å². The Labute approximate surface area is 175 Å². The molecule has 6 heteroatoms. The van der Waals surface area contributed by atoms with Crippen molar-refractivity contribution in [2.75, 3.05) is 26.4 Å². The summed E-state index contributed by atoms with van der Waals surface area (Å²) in [5.41, 5.74) is 0. The Balaban J connectivity index is 3.41. The molecule has 0 aromatic heterocycles. The number of rotatable bonds is 20. The molecule has 0 saturated heterocycles. The fraction of sp³-hybridized carbons (Fsp3) is 1.00. The highest BCUT2D eigenvalue weighted by Crippen LogP contribution is 2.15. The number of hydrogen-bond donors (Lipinski definition) is 2. The number of nitrogens with zero attached hydrogens (tertiary/aromatic N) is 1. The summed E-state index contributed by atoms with van der Waals surface area (Å²) in [4.78, 5) is 0. The van der Waals surface area contributed by atoms with E-state index in [1.165, 1.54) is 89.9 Å². The fourth-order valence-electron chi connectivity index (χ4n) is 3.61. The number of aliphatic hydroxyl groups is 1. The van der Waals surface area contributed by atoms with Gasteiger partial charge in [-0.3, -0.25) is 4.55 Å². The summed E-state index contributed by atoms with van der Waals surface area (Å²) in [6, 6.07) is 0. The summed E-state index contributed by atoms with van der Waals surface area (Å²) in [6.07, 6.45) is 20.0. The van der Waals surface area contributed by atoms with E-state index < -0.39 is 22.1 Å². The minimum Gasteiger partial charge on any atom is -0.344 e. The van der Waals surface area contributed by atoms with E-state index >= 15 is 0 Å². The fourth-order valence-corrected chi connectivity index (χ4v) is 4.39. The van der Waals surface area contributed by atoms with Crippen LogP contribution in [0.4, 0.5) is 0 Å². The van der Waals surface area contributed by atoms with Gasteiger partial charge in [-0.15, -0.1) is 0 Å². The van der Waals surface area contributed by atoms with E-state index in [9.17, 15) is 13.5 Å². The third-order valence-electron chi connectivity index (χ3n) is 5.75. The molecule has 5 nitrogen and oxygen atoms in total. The maximum Gasteiger partial charge on any atom is 0.273 e. The summed E-state index contributed by atoms with van der Waals surface area (Å²) < 4.78 is 30.9. The van der Waals surface area contributed by atoms with Gasteiger partial charge in [0.05, 0.1) is 20.6 Å². The van der Waals surface area contributed by atoms with Crippen molar-refractivity contribution in [2.45, 2.75) is 116 Å². The maximum atomic E-state index is 10.9. The van der Waals surface area contributed by atoms with E-state index in [0.29, 0.717) is 0 Å². The SMILES string of the molecule is CCCCCCCCCCCCCCCCCC[N+](C)(C)C(O)CS(=O)(=O)O. The largest absolute Gasteiger partial charge is 0.344 e. The zero-order valence-corrected chi connectivity index (χ0v) is 19.7. The molecule has 0 heterocycles. The Morgan fingerprint density at radius 1 is 0.679 bits per heavy atom. The molecule has 0 saturated carbocycles. The molecule has 0 aromatic rings. The predicted molar refractivity (Wildman–Crippen MR) is 119 cm³/mol. The zero-order valence-electron chi connectivity index (χ0n) is 18.9. The molecular formula is C22H48NO4S+. The Hall–Kier alpha value is -0.170. The number of quaternary nitrogens is 1. The summed E-state index contributed by atoms with van der Waals surface area (Å²) >= 11 is 0. The molecule has 0 fully saturated rings. The van der Waals surface area contributed by atoms with Crippen LogP contribution in [0, 0.1) is 0 Å². The zero-order chi connectivity index (χ0) is 21.3. The van der Waals surface area contributed by atoms with Crippen LogP contribution in [-0.4, -0.2) is 55.2 Å². The summed E-state index contributed by atoms with van der Waals surface area (Å²) in [5, 5.41) is 9.97. The molecule has 0 aromatic carbocycles. The predicted octanol–water partition coefficient (Wildman–Crippen LogP) is 5.53. The van der Waals surface area contributed by atoms with Crippen molar-refractivity contribution in [2.24, 2.45) is 0 Å². The molecule has 0 radical (unpaired) electrons. The molecule has 0 rings (SSSR count). The standard InChI is InChI=1S/C22H47NO4S/c1-4-5-6-7-8-9-10-11-12-13-14-15-16-17-18-19-20-23(2,3)22(24)21-28(25,26)27/h22,24H,4-21H2,1-3H3/p+1. The van der Waals surface area contributed by atoms with Gasteiger partial charge in [-0.1, -0.05) is 96.8 Å². The minimum absolute atomic E-state index is 0.207. The summed E-state index contributed by atoms with van der Waals surface area (Å²) in [5.74, 6) is -0.598. The molecule has 0 aliphatic carbocycles. The van der Waals surface area contributed by atoms with E-state index in [2.05, 4.69) is 6.92 Å². The van der Waals surface area contributed by atoms with Crippen molar-refractivity contribution in [3.63, 3.8) is 0 Å². The molecular weight excluding hydrogens is 374 g/mol. The van der Waals surface area contributed by atoms with Crippen molar-refractivity contribution in [1.82, 2.24) is 0 Å². The topological polar surface area (TPSA) is 74.6 Å². The van der Waals surface area contributed by atoms with Gasteiger partial charge in [0, 0.05) is 0 Å². The van der Waals surface area contributed by atoms with E-state index in [-0.39, 0.29) is 4.48 Å². The first kappa shape index (κ1) is 27.8. The van der Waals surface area contributed by atoms with Crippen LogP contribution < -0.4 is 0 Å². The van der Waals surface area contributed by atoms with Crippen LogP contribution in [0.25, 0.3) is 0 Å².